The number of piperidine rings is 1. The van der Waals surface area contributed by atoms with Crippen LogP contribution < -0.4 is 5.32 Å². The predicted octanol–water partition coefficient (Wildman–Crippen LogP) is 4.10. The molecule has 1 heterocycles. The number of halogens is 1. The fourth-order valence-corrected chi connectivity index (χ4v) is 4.66. The van der Waals surface area contributed by atoms with Crippen molar-refractivity contribution in [3.8, 4) is 0 Å². The van der Waals surface area contributed by atoms with E-state index in [2.05, 4.69) is 12.2 Å². The highest BCUT2D eigenvalue weighted by Gasteiger charge is 2.48. The van der Waals surface area contributed by atoms with E-state index in [9.17, 15) is 4.39 Å². The van der Waals surface area contributed by atoms with E-state index in [1.54, 1.807) is 12.1 Å². The van der Waals surface area contributed by atoms with Gasteiger partial charge in [-0.1, -0.05) is 31.9 Å². The molecule has 0 aromatic heterocycles. The molecule has 1 saturated carbocycles. The maximum absolute atomic E-state index is 13.1. The average molecular weight is 261 g/mol. The highest BCUT2D eigenvalue weighted by Crippen LogP contribution is 2.56. The molecule has 3 atom stereocenters. The number of benzene rings is 1. The number of rotatable bonds is 2. The van der Waals surface area contributed by atoms with E-state index in [1.807, 2.05) is 12.1 Å². The first-order chi connectivity index (χ1) is 9.26. The van der Waals surface area contributed by atoms with Gasteiger partial charge in [0.15, 0.2) is 0 Å². The molecule has 1 aliphatic carbocycles. The summed E-state index contributed by atoms with van der Waals surface area (Å²) in [5.74, 6) is 1.29. The number of hydrogen-bond donors (Lipinski definition) is 1. The summed E-state index contributed by atoms with van der Waals surface area (Å²) < 4.78 is 13.1. The van der Waals surface area contributed by atoms with Gasteiger partial charge in [-0.15, -0.1) is 0 Å². The van der Waals surface area contributed by atoms with Gasteiger partial charge in [0.1, 0.15) is 5.82 Å². The summed E-state index contributed by atoms with van der Waals surface area (Å²) >= 11 is 0. The zero-order chi connectivity index (χ0) is 13.3. The van der Waals surface area contributed by atoms with Gasteiger partial charge in [0.05, 0.1) is 0 Å². The van der Waals surface area contributed by atoms with E-state index in [4.69, 9.17) is 0 Å². The molecule has 104 valence electrons. The third kappa shape index (κ3) is 2.20. The Labute approximate surface area is 115 Å². The minimum Gasteiger partial charge on any atom is -0.316 e. The molecule has 1 aromatic carbocycles. The Morgan fingerprint density at radius 3 is 2.79 bits per heavy atom. The molecule has 3 rings (SSSR count). The minimum atomic E-state index is -0.125. The van der Waals surface area contributed by atoms with Gasteiger partial charge in [0.25, 0.3) is 0 Å². The van der Waals surface area contributed by atoms with Crippen molar-refractivity contribution >= 4 is 0 Å². The van der Waals surface area contributed by atoms with Crippen LogP contribution >= 0.6 is 0 Å². The zero-order valence-corrected chi connectivity index (χ0v) is 11.8. The molecule has 2 aliphatic rings. The van der Waals surface area contributed by atoms with Gasteiger partial charge in [-0.25, -0.2) is 4.39 Å². The van der Waals surface area contributed by atoms with Crippen LogP contribution in [0.15, 0.2) is 24.3 Å². The molecular formula is C17H24FN. The van der Waals surface area contributed by atoms with Crippen LogP contribution in [0.2, 0.25) is 0 Å². The lowest BCUT2D eigenvalue weighted by atomic mass is 9.61. The third-order valence-electron chi connectivity index (χ3n) is 5.58. The fraction of sp³-hybridized carbons (Fsp3) is 0.647. The van der Waals surface area contributed by atoms with Crippen LogP contribution in [0, 0.1) is 17.2 Å². The first-order valence-electron chi connectivity index (χ1n) is 7.72. The summed E-state index contributed by atoms with van der Waals surface area (Å²) in [5.41, 5.74) is 1.80. The van der Waals surface area contributed by atoms with Crippen molar-refractivity contribution in [1.29, 1.82) is 0 Å². The summed E-state index contributed by atoms with van der Waals surface area (Å²) in [6.07, 6.45) is 6.69. The van der Waals surface area contributed by atoms with Gasteiger partial charge >= 0.3 is 0 Å². The third-order valence-corrected chi connectivity index (χ3v) is 5.58. The fourth-order valence-electron chi connectivity index (χ4n) is 4.66. The lowest BCUT2D eigenvalue weighted by Gasteiger charge is -2.46. The summed E-state index contributed by atoms with van der Waals surface area (Å²) in [6.45, 7) is 4.54. The Morgan fingerprint density at radius 2 is 2.05 bits per heavy atom. The first-order valence-corrected chi connectivity index (χ1v) is 7.72. The maximum atomic E-state index is 13.1. The lowest BCUT2D eigenvalue weighted by Crippen LogP contribution is -2.45. The molecule has 1 saturated heterocycles. The highest BCUT2D eigenvalue weighted by molar-refractivity contribution is 5.25. The quantitative estimate of drug-likeness (QED) is 0.845. The minimum absolute atomic E-state index is 0.125. The molecule has 2 heteroatoms. The molecule has 1 aromatic rings. The van der Waals surface area contributed by atoms with Gasteiger partial charge in [0, 0.05) is 12.5 Å². The van der Waals surface area contributed by atoms with Gasteiger partial charge in [-0.2, -0.15) is 0 Å². The zero-order valence-electron chi connectivity index (χ0n) is 11.8. The SMILES string of the molecule is CCC1CCCC12CCNCC2c1ccc(F)cc1. The summed E-state index contributed by atoms with van der Waals surface area (Å²) in [6, 6.07) is 7.24. The van der Waals surface area contributed by atoms with Gasteiger partial charge in [-0.3, -0.25) is 0 Å². The van der Waals surface area contributed by atoms with E-state index in [1.165, 1.54) is 37.7 Å². The molecule has 1 spiro atoms. The predicted molar refractivity (Wildman–Crippen MR) is 76.7 cm³/mol. The molecule has 19 heavy (non-hydrogen) atoms. The van der Waals surface area contributed by atoms with Crippen LogP contribution in [0.4, 0.5) is 4.39 Å². The summed E-state index contributed by atoms with van der Waals surface area (Å²) in [4.78, 5) is 0. The van der Waals surface area contributed by atoms with Crippen molar-refractivity contribution in [2.45, 2.75) is 44.9 Å². The Balaban J connectivity index is 1.94. The highest BCUT2D eigenvalue weighted by atomic mass is 19.1. The summed E-state index contributed by atoms with van der Waals surface area (Å²) in [7, 11) is 0. The standard InChI is InChI=1S/C17H24FN/c1-2-14-4-3-9-17(14)10-11-19-12-16(17)13-5-7-15(18)8-6-13/h5-8,14,16,19H,2-4,9-12H2,1H3. The van der Waals surface area contributed by atoms with Crippen LogP contribution in [-0.4, -0.2) is 13.1 Å². The van der Waals surface area contributed by atoms with E-state index in [0.29, 0.717) is 11.3 Å². The van der Waals surface area contributed by atoms with Gasteiger partial charge in [0.2, 0.25) is 0 Å². The van der Waals surface area contributed by atoms with Gasteiger partial charge < -0.3 is 5.32 Å². The molecule has 1 aliphatic heterocycles. The molecular weight excluding hydrogens is 237 g/mol. The topological polar surface area (TPSA) is 12.0 Å². The van der Waals surface area contributed by atoms with Crippen LogP contribution in [0.25, 0.3) is 0 Å². The smallest absolute Gasteiger partial charge is 0.123 e. The molecule has 0 amide bonds. The number of hydrogen-bond acceptors (Lipinski definition) is 1. The van der Waals surface area contributed by atoms with Crippen LogP contribution in [-0.2, 0) is 0 Å². The Kier molecular flexibility index (Phi) is 3.62. The van der Waals surface area contributed by atoms with Crippen molar-refractivity contribution in [1.82, 2.24) is 5.32 Å². The van der Waals surface area contributed by atoms with Crippen molar-refractivity contribution in [3.05, 3.63) is 35.6 Å². The van der Waals surface area contributed by atoms with Crippen molar-refractivity contribution in [2.24, 2.45) is 11.3 Å². The molecule has 1 nitrogen and oxygen atoms in total. The van der Waals surface area contributed by atoms with Crippen molar-refractivity contribution in [2.75, 3.05) is 13.1 Å². The van der Waals surface area contributed by atoms with E-state index in [0.717, 1.165) is 19.0 Å². The molecule has 0 bridgehead atoms. The molecule has 0 radical (unpaired) electrons. The average Bonchev–Trinajstić information content (AvgIpc) is 2.84. The van der Waals surface area contributed by atoms with Crippen LogP contribution in [0.1, 0.15) is 50.5 Å². The van der Waals surface area contributed by atoms with Crippen LogP contribution in [0.3, 0.4) is 0 Å². The van der Waals surface area contributed by atoms with Crippen molar-refractivity contribution < 1.29 is 4.39 Å². The Hall–Kier alpha value is -0.890. The largest absolute Gasteiger partial charge is 0.316 e. The maximum Gasteiger partial charge on any atom is 0.123 e. The normalized spacial score (nSPS) is 34.8. The van der Waals surface area contributed by atoms with E-state index >= 15 is 0 Å². The number of nitrogens with one attached hydrogen (secondary N) is 1. The van der Waals surface area contributed by atoms with Crippen LogP contribution in [0.5, 0.6) is 0 Å². The van der Waals surface area contributed by atoms with E-state index < -0.39 is 0 Å². The molecule has 2 fully saturated rings. The second kappa shape index (κ2) is 5.24. The second-order valence-corrected chi connectivity index (χ2v) is 6.29. The second-order valence-electron chi connectivity index (χ2n) is 6.29. The first kappa shape index (κ1) is 13.1. The Morgan fingerprint density at radius 1 is 1.26 bits per heavy atom. The van der Waals surface area contributed by atoms with E-state index in [-0.39, 0.29) is 5.82 Å². The summed E-state index contributed by atoms with van der Waals surface area (Å²) in [5, 5.41) is 3.55. The molecule has 1 N–H and O–H groups in total. The lowest BCUT2D eigenvalue weighted by molar-refractivity contribution is 0.103. The van der Waals surface area contributed by atoms with Crippen molar-refractivity contribution in [3.63, 3.8) is 0 Å². The Bertz CT molecular complexity index is 427. The molecule has 3 unspecified atom stereocenters. The monoisotopic (exact) mass is 261 g/mol. The van der Waals surface area contributed by atoms with Gasteiger partial charge in [-0.05, 0) is 54.8 Å².